The van der Waals surface area contributed by atoms with Gasteiger partial charge >= 0.3 is 0 Å². The number of aryl methyl sites for hydroxylation is 1. The van der Waals surface area contributed by atoms with Crippen molar-refractivity contribution in [2.45, 2.75) is 32.1 Å². The van der Waals surface area contributed by atoms with Crippen molar-refractivity contribution in [3.05, 3.63) is 174 Å². The summed E-state index contributed by atoms with van der Waals surface area (Å²) < 4.78 is 24.9. The van der Waals surface area contributed by atoms with Gasteiger partial charge in [0.05, 0.1) is 32.8 Å². The van der Waals surface area contributed by atoms with Crippen molar-refractivity contribution in [1.29, 1.82) is 0 Å². The number of allylic oxidation sites excluding steroid dienone is 1. The van der Waals surface area contributed by atoms with Gasteiger partial charge in [-0.25, -0.2) is 0 Å². The zero-order valence-electron chi connectivity index (χ0n) is 34.0. The third-order valence-corrected chi connectivity index (χ3v) is 14.4. The second kappa shape index (κ2) is 11.3. The van der Waals surface area contributed by atoms with Gasteiger partial charge in [0.1, 0.15) is 33.7 Å². The topological polar surface area (TPSA) is 49.3 Å². The highest BCUT2D eigenvalue weighted by Gasteiger charge is 2.38. The summed E-state index contributed by atoms with van der Waals surface area (Å²) in [6.07, 6.45) is 6.42. The van der Waals surface area contributed by atoms with Crippen molar-refractivity contribution in [2.75, 3.05) is 0 Å². The van der Waals surface area contributed by atoms with Crippen LogP contribution in [0.3, 0.4) is 0 Å². The molecule has 5 heteroatoms. The molecule has 0 unspecified atom stereocenters. The molecule has 0 aliphatic heterocycles. The molecule has 15 rings (SSSR count). The molecule has 0 saturated heterocycles. The van der Waals surface area contributed by atoms with Crippen LogP contribution < -0.4 is 0 Å². The highest BCUT2D eigenvalue weighted by Crippen LogP contribution is 2.54. The second-order valence-corrected chi connectivity index (χ2v) is 17.9. The molecule has 8 aromatic carbocycles. The molecule has 0 amide bonds. The van der Waals surface area contributed by atoms with Gasteiger partial charge < -0.3 is 22.4 Å². The molecular weight excluding hydrogens is 761 g/mol. The summed E-state index contributed by atoms with van der Waals surface area (Å²) in [6.45, 7) is 4.79. The maximum absolute atomic E-state index is 6.85. The van der Waals surface area contributed by atoms with E-state index in [1.165, 1.54) is 54.9 Å². The van der Waals surface area contributed by atoms with Crippen molar-refractivity contribution in [2.24, 2.45) is 0 Å². The smallest absolute Gasteiger partial charge is 0.145 e. The summed E-state index contributed by atoms with van der Waals surface area (Å²) >= 11 is 0. The van der Waals surface area contributed by atoms with Crippen LogP contribution in [0.2, 0.25) is 0 Å². The molecule has 0 bridgehead atoms. The third kappa shape index (κ3) is 4.04. The number of rotatable bonds is 2. The van der Waals surface area contributed by atoms with Gasteiger partial charge in [0.15, 0.2) is 0 Å². The molecular formula is C57H36N2O3. The minimum Gasteiger partial charge on any atom is -0.456 e. The molecule has 2 aliphatic carbocycles. The Hall–Kier alpha value is -7.76. The van der Waals surface area contributed by atoms with E-state index >= 15 is 0 Å². The highest BCUT2D eigenvalue weighted by molar-refractivity contribution is 6.26. The predicted molar refractivity (Wildman–Crippen MR) is 254 cm³/mol. The van der Waals surface area contributed by atoms with Gasteiger partial charge in [0.2, 0.25) is 0 Å². The Morgan fingerprint density at radius 2 is 1.05 bits per heavy atom. The fourth-order valence-electron chi connectivity index (χ4n) is 11.5. The van der Waals surface area contributed by atoms with Crippen LogP contribution in [-0.2, 0) is 11.8 Å². The monoisotopic (exact) mass is 796 g/mol. The van der Waals surface area contributed by atoms with Crippen molar-refractivity contribution in [3.8, 4) is 22.5 Å². The number of benzene rings is 8. The van der Waals surface area contributed by atoms with Gasteiger partial charge in [-0.2, -0.15) is 0 Å². The summed E-state index contributed by atoms with van der Waals surface area (Å²) in [6, 6.07) is 53.1. The van der Waals surface area contributed by atoms with Crippen LogP contribution in [0.15, 0.2) is 165 Å². The number of furan rings is 3. The molecule has 62 heavy (non-hydrogen) atoms. The fraction of sp³-hybridized carbons (Fsp3) is 0.0877. The maximum atomic E-state index is 6.85. The van der Waals surface area contributed by atoms with Crippen LogP contribution in [0.25, 0.3) is 127 Å². The molecule has 0 N–H and O–H groups in total. The number of fused-ring (bicyclic) bond motifs is 20. The first-order valence-electron chi connectivity index (χ1n) is 21.6. The predicted octanol–water partition coefficient (Wildman–Crippen LogP) is 15.7. The number of hydrogen-bond donors (Lipinski definition) is 0. The molecule has 0 radical (unpaired) electrons. The van der Waals surface area contributed by atoms with E-state index in [1.807, 2.05) is 12.1 Å². The average Bonchev–Trinajstić information content (AvgIpc) is 4.14. The highest BCUT2D eigenvalue weighted by atomic mass is 16.3. The van der Waals surface area contributed by atoms with E-state index in [2.05, 4.69) is 169 Å². The van der Waals surface area contributed by atoms with Crippen LogP contribution in [0.1, 0.15) is 42.7 Å². The maximum Gasteiger partial charge on any atom is 0.145 e. The van der Waals surface area contributed by atoms with E-state index in [-0.39, 0.29) is 5.41 Å². The molecule has 5 heterocycles. The Morgan fingerprint density at radius 3 is 1.77 bits per heavy atom. The van der Waals surface area contributed by atoms with E-state index in [4.69, 9.17) is 13.3 Å². The number of aromatic nitrogens is 2. The molecule has 0 saturated carbocycles. The van der Waals surface area contributed by atoms with Gasteiger partial charge in [-0.15, -0.1) is 0 Å². The molecule has 13 aromatic rings. The lowest BCUT2D eigenvalue weighted by Crippen LogP contribution is -2.15. The lowest BCUT2D eigenvalue weighted by atomic mass is 9.82. The van der Waals surface area contributed by atoms with Crippen molar-refractivity contribution in [1.82, 2.24) is 9.13 Å². The summed E-state index contributed by atoms with van der Waals surface area (Å²) in [5, 5.41) is 10.4. The molecule has 0 spiro atoms. The summed E-state index contributed by atoms with van der Waals surface area (Å²) in [4.78, 5) is 0. The molecule has 5 nitrogen and oxygen atoms in total. The first-order chi connectivity index (χ1) is 30.5. The minimum absolute atomic E-state index is 0.296. The van der Waals surface area contributed by atoms with Gasteiger partial charge in [-0.05, 0) is 132 Å². The van der Waals surface area contributed by atoms with Crippen molar-refractivity contribution in [3.63, 3.8) is 0 Å². The number of nitrogens with zero attached hydrogens (tertiary/aromatic N) is 2. The van der Waals surface area contributed by atoms with Crippen molar-refractivity contribution >= 4 is 105 Å². The second-order valence-electron chi connectivity index (χ2n) is 17.9. The van der Waals surface area contributed by atoms with E-state index in [0.29, 0.717) is 0 Å². The van der Waals surface area contributed by atoms with Crippen LogP contribution in [0, 0.1) is 0 Å². The zero-order chi connectivity index (χ0) is 40.6. The minimum atomic E-state index is -0.296. The van der Waals surface area contributed by atoms with Gasteiger partial charge in [0, 0.05) is 60.1 Å². The van der Waals surface area contributed by atoms with Gasteiger partial charge in [0.25, 0.3) is 0 Å². The largest absolute Gasteiger partial charge is 0.456 e. The number of hydrogen-bond acceptors (Lipinski definition) is 3. The molecule has 5 aromatic heterocycles. The Morgan fingerprint density at radius 1 is 0.452 bits per heavy atom. The average molecular weight is 797 g/mol. The first kappa shape index (κ1) is 33.0. The lowest BCUT2D eigenvalue weighted by molar-refractivity contribution is 0.598. The normalized spacial score (nSPS) is 14.5. The van der Waals surface area contributed by atoms with Crippen LogP contribution in [0.4, 0.5) is 0 Å². The summed E-state index contributed by atoms with van der Waals surface area (Å²) in [5.41, 5.74) is 17.6. The van der Waals surface area contributed by atoms with E-state index in [0.717, 1.165) is 101 Å². The Bertz CT molecular complexity index is 4180. The zero-order valence-corrected chi connectivity index (χ0v) is 34.0. The lowest BCUT2D eigenvalue weighted by Gasteiger charge is -2.22. The van der Waals surface area contributed by atoms with Gasteiger partial charge in [-0.3, -0.25) is 0 Å². The van der Waals surface area contributed by atoms with E-state index < -0.39 is 0 Å². The Labute approximate surface area is 354 Å². The first-order valence-corrected chi connectivity index (χ1v) is 21.6. The molecule has 2 aliphatic rings. The summed E-state index contributed by atoms with van der Waals surface area (Å²) in [7, 11) is 0. The fourth-order valence-corrected chi connectivity index (χ4v) is 11.5. The number of para-hydroxylation sites is 3. The molecule has 0 fully saturated rings. The Kier molecular flexibility index (Phi) is 6.03. The van der Waals surface area contributed by atoms with Crippen molar-refractivity contribution < 1.29 is 13.3 Å². The quantitative estimate of drug-likeness (QED) is 0.175. The van der Waals surface area contributed by atoms with E-state index in [9.17, 15) is 0 Å². The molecule has 292 valence electrons. The summed E-state index contributed by atoms with van der Waals surface area (Å²) in [5.74, 6) is 0.989. The SMILES string of the molecule is CC1(C)c2cc3c(cc2-c2cc4c5c6oc7ccccc7c6ccc5n(-c5ccc6oc7ccccc7c6c5)c4cc21)c1c2oc4c(c2ccc1n3-c1ccccc1)CCC=C4. The van der Waals surface area contributed by atoms with Crippen LogP contribution in [-0.4, -0.2) is 9.13 Å². The van der Waals surface area contributed by atoms with Gasteiger partial charge in [-0.1, -0.05) is 74.5 Å². The molecule has 0 atom stereocenters. The van der Waals surface area contributed by atoms with Crippen LogP contribution in [0.5, 0.6) is 0 Å². The third-order valence-electron chi connectivity index (χ3n) is 14.4. The Balaban J connectivity index is 1.07. The van der Waals surface area contributed by atoms with Crippen LogP contribution >= 0.6 is 0 Å². The van der Waals surface area contributed by atoms with E-state index in [1.54, 1.807) is 0 Å². The standard InChI is InChI=1S/C57H36N2O3/c1-57(2)43-29-47-41(53-45(58(47)31-12-4-3-5-13-31)23-21-36-33-14-6-10-18-50(33)61-55(36)53)27-38(43)39-28-42-48(30-44(39)57)59(32-20-25-52-40(26-32)35-16-8-9-17-49(35)60-52)46-24-22-37-34-15-7-11-19-51(34)62-56(37)54(42)46/h3-5,7-13,15-30H,6,14H2,1-2H3.